The molecule has 1 fully saturated rings. The summed E-state index contributed by atoms with van der Waals surface area (Å²) in [5, 5.41) is 17.3. The number of aliphatic hydroxyl groups is 1. The fraction of sp³-hybridized carbons (Fsp3) is 1.00. The predicted molar refractivity (Wildman–Crippen MR) is 68.6 cm³/mol. The summed E-state index contributed by atoms with van der Waals surface area (Å²) in [5.74, 6) is 0. The number of hydrogen-bond donors (Lipinski definition) is 3. The van der Waals surface area contributed by atoms with E-state index in [-0.39, 0.29) is 6.04 Å². The Kier molecular flexibility index (Phi) is 5.73. The SMILES string of the molecule is CC(C)NCCC(C)(O)C1CCCCCN1. The second-order valence-electron chi connectivity index (χ2n) is 5.57. The van der Waals surface area contributed by atoms with Gasteiger partial charge in [-0.05, 0) is 39.3 Å². The minimum Gasteiger partial charge on any atom is -0.389 e. The van der Waals surface area contributed by atoms with Crippen molar-refractivity contribution in [2.45, 2.75) is 70.6 Å². The molecule has 3 N–H and O–H groups in total. The highest BCUT2D eigenvalue weighted by atomic mass is 16.3. The van der Waals surface area contributed by atoms with Gasteiger partial charge >= 0.3 is 0 Å². The lowest BCUT2D eigenvalue weighted by Gasteiger charge is -2.33. The highest BCUT2D eigenvalue weighted by Crippen LogP contribution is 2.21. The molecule has 3 heteroatoms. The van der Waals surface area contributed by atoms with Crippen molar-refractivity contribution in [2.24, 2.45) is 0 Å². The van der Waals surface area contributed by atoms with Crippen LogP contribution >= 0.6 is 0 Å². The maximum Gasteiger partial charge on any atom is 0.0784 e. The molecule has 2 atom stereocenters. The molecule has 0 bridgehead atoms. The maximum absolute atomic E-state index is 10.5. The average molecular weight is 228 g/mol. The van der Waals surface area contributed by atoms with E-state index in [1.807, 2.05) is 6.92 Å². The highest BCUT2D eigenvalue weighted by molar-refractivity contribution is 4.89. The van der Waals surface area contributed by atoms with Crippen molar-refractivity contribution in [1.82, 2.24) is 10.6 Å². The molecular weight excluding hydrogens is 200 g/mol. The quantitative estimate of drug-likeness (QED) is 0.670. The first kappa shape index (κ1) is 13.9. The summed E-state index contributed by atoms with van der Waals surface area (Å²) in [7, 11) is 0. The fourth-order valence-corrected chi connectivity index (χ4v) is 2.35. The number of nitrogens with one attached hydrogen (secondary N) is 2. The van der Waals surface area contributed by atoms with Gasteiger partial charge in [-0.2, -0.15) is 0 Å². The second-order valence-corrected chi connectivity index (χ2v) is 5.57. The molecule has 0 aromatic rings. The smallest absolute Gasteiger partial charge is 0.0784 e. The van der Waals surface area contributed by atoms with E-state index in [0.29, 0.717) is 6.04 Å². The molecule has 2 unspecified atom stereocenters. The maximum atomic E-state index is 10.5. The van der Waals surface area contributed by atoms with E-state index in [9.17, 15) is 5.11 Å². The van der Waals surface area contributed by atoms with Crippen molar-refractivity contribution in [3.8, 4) is 0 Å². The summed E-state index contributed by atoms with van der Waals surface area (Å²) in [6.07, 6.45) is 5.71. The first-order valence-corrected chi connectivity index (χ1v) is 6.71. The topological polar surface area (TPSA) is 44.3 Å². The van der Waals surface area contributed by atoms with Crippen LogP contribution < -0.4 is 10.6 Å². The molecule has 1 aliphatic heterocycles. The molecule has 0 aromatic carbocycles. The molecule has 1 aliphatic rings. The van der Waals surface area contributed by atoms with Gasteiger partial charge in [-0.15, -0.1) is 0 Å². The third kappa shape index (κ3) is 4.81. The molecule has 0 aromatic heterocycles. The monoisotopic (exact) mass is 228 g/mol. The Hall–Kier alpha value is -0.120. The first-order valence-electron chi connectivity index (χ1n) is 6.71. The van der Waals surface area contributed by atoms with E-state index < -0.39 is 5.60 Å². The summed E-state index contributed by atoms with van der Waals surface area (Å²) in [6, 6.07) is 0.766. The van der Waals surface area contributed by atoms with Crippen LogP contribution in [-0.2, 0) is 0 Å². The zero-order valence-corrected chi connectivity index (χ0v) is 11.1. The number of hydrogen-bond acceptors (Lipinski definition) is 3. The van der Waals surface area contributed by atoms with Crippen molar-refractivity contribution in [3.05, 3.63) is 0 Å². The zero-order valence-electron chi connectivity index (χ0n) is 11.1. The van der Waals surface area contributed by atoms with Crippen molar-refractivity contribution in [1.29, 1.82) is 0 Å². The molecule has 0 aliphatic carbocycles. The third-order valence-corrected chi connectivity index (χ3v) is 3.49. The molecular formula is C13H28N2O. The van der Waals surface area contributed by atoms with Gasteiger partial charge in [-0.1, -0.05) is 26.7 Å². The Morgan fingerprint density at radius 2 is 2.12 bits per heavy atom. The van der Waals surface area contributed by atoms with Crippen LogP contribution in [0.25, 0.3) is 0 Å². The van der Waals surface area contributed by atoms with E-state index in [1.165, 1.54) is 19.3 Å². The van der Waals surface area contributed by atoms with Crippen LogP contribution in [0.1, 0.15) is 52.9 Å². The Morgan fingerprint density at radius 3 is 2.81 bits per heavy atom. The lowest BCUT2D eigenvalue weighted by Crippen LogP contribution is -2.50. The third-order valence-electron chi connectivity index (χ3n) is 3.49. The lowest BCUT2D eigenvalue weighted by atomic mass is 9.89. The molecule has 1 heterocycles. The fourth-order valence-electron chi connectivity index (χ4n) is 2.35. The van der Waals surface area contributed by atoms with Crippen molar-refractivity contribution < 1.29 is 5.11 Å². The summed E-state index contributed by atoms with van der Waals surface area (Å²) in [4.78, 5) is 0. The van der Waals surface area contributed by atoms with E-state index in [1.54, 1.807) is 0 Å². The van der Waals surface area contributed by atoms with E-state index in [0.717, 1.165) is 25.9 Å². The van der Waals surface area contributed by atoms with E-state index in [2.05, 4.69) is 24.5 Å². The van der Waals surface area contributed by atoms with Crippen LogP contribution in [0.15, 0.2) is 0 Å². The molecule has 0 amide bonds. The first-order chi connectivity index (χ1) is 7.52. The molecule has 0 saturated carbocycles. The molecule has 0 radical (unpaired) electrons. The standard InChI is InChI=1S/C13H28N2O/c1-11(2)14-10-8-13(3,16)12-7-5-4-6-9-15-12/h11-12,14-16H,4-10H2,1-3H3. The molecule has 96 valence electrons. The summed E-state index contributed by atoms with van der Waals surface area (Å²) < 4.78 is 0. The highest BCUT2D eigenvalue weighted by Gasteiger charge is 2.31. The molecule has 1 saturated heterocycles. The lowest BCUT2D eigenvalue weighted by molar-refractivity contribution is 0.00990. The van der Waals surface area contributed by atoms with Gasteiger partial charge in [0.15, 0.2) is 0 Å². The summed E-state index contributed by atoms with van der Waals surface area (Å²) in [6.45, 7) is 8.19. The minimum absolute atomic E-state index is 0.268. The minimum atomic E-state index is -0.577. The summed E-state index contributed by atoms with van der Waals surface area (Å²) in [5.41, 5.74) is -0.577. The normalized spacial score (nSPS) is 26.4. The van der Waals surface area contributed by atoms with Gasteiger partial charge in [-0.25, -0.2) is 0 Å². The van der Waals surface area contributed by atoms with Crippen LogP contribution in [0.2, 0.25) is 0 Å². The summed E-state index contributed by atoms with van der Waals surface area (Å²) >= 11 is 0. The van der Waals surface area contributed by atoms with Crippen molar-refractivity contribution in [3.63, 3.8) is 0 Å². The van der Waals surface area contributed by atoms with Crippen LogP contribution in [0.4, 0.5) is 0 Å². The average Bonchev–Trinajstić information content (AvgIpc) is 2.44. The zero-order chi connectivity index (χ0) is 12.0. The second kappa shape index (κ2) is 6.58. The van der Waals surface area contributed by atoms with Crippen LogP contribution in [0, 0.1) is 0 Å². The van der Waals surface area contributed by atoms with Gasteiger partial charge in [0.25, 0.3) is 0 Å². The molecule has 16 heavy (non-hydrogen) atoms. The van der Waals surface area contributed by atoms with E-state index >= 15 is 0 Å². The Bertz CT molecular complexity index is 184. The van der Waals surface area contributed by atoms with Gasteiger partial charge in [0.2, 0.25) is 0 Å². The molecule has 1 rings (SSSR count). The predicted octanol–water partition coefficient (Wildman–Crippen LogP) is 1.66. The Balaban J connectivity index is 2.34. The Morgan fingerprint density at radius 1 is 1.38 bits per heavy atom. The van der Waals surface area contributed by atoms with Gasteiger partial charge in [0.05, 0.1) is 5.60 Å². The van der Waals surface area contributed by atoms with Crippen LogP contribution in [0.5, 0.6) is 0 Å². The van der Waals surface area contributed by atoms with Crippen LogP contribution in [0.3, 0.4) is 0 Å². The van der Waals surface area contributed by atoms with Crippen molar-refractivity contribution >= 4 is 0 Å². The largest absolute Gasteiger partial charge is 0.389 e. The van der Waals surface area contributed by atoms with Crippen LogP contribution in [-0.4, -0.2) is 35.9 Å². The molecule has 0 spiro atoms. The van der Waals surface area contributed by atoms with E-state index in [4.69, 9.17) is 0 Å². The van der Waals surface area contributed by atoms with Gasteiger partial charge in [0.1, 0.15) is 0 Å². The van der Waals surface area contributed by atoms with Gasteiger partial charge in [-0.3, -0.25) is 0 Å². The van der Waals surface area contributed by atoms with Gasteiger partial charge in [0, 0.05) is 12.1 Å². The molecule has 3 nitrogen and oxygen atoms in total. The van der Waals surface area contributed by atoms with Crippen molar-refractivity contribution in [2.75, 3.05) is 13.1 Å². The Labute approximate surface area is 100 Å². The van der Waals surface area contributed by atoms with Gasteiger partial charge < -0.3 is 15.7 Å². The number of rotatable bonds is 5.